The number of anilines is 1. The van der Waals surface area contributed by atoms with E-state index < -0.39 is 0 Å². The van der Waals surface area contributed by atoms with Gasteiger partial charge >= 0.3 is 0 Å². The van der Waals surface area contributed by atoms with Gasteiger partial charge in [-0.15, -0.1) is 0 Å². The van der Waals surface area contributed by atoms with Crippen LogP contribution in [0.3, 0.4) is 0 Å². The van der Waals surface area contributed by atoms with Crippen LogP contribution in [0, 0.1) is 5.92 Å². The first-order chi connectivity index (χ1) is 20.2. The van der Waals surface area contributed by atoms with E-state index in [1.807, 2.05) is 38.4 Å². The van der Waals surface area contributed by atoms with E-state index in [1.165, 1.54) is 5.69 Å². The minimum Gasteiger partial charge on any atom is -0.371 e. The highest BCUT2D eigenvalue weighted by atomic mass is 35.5. The van der Waals surface area contributed by atoms with Gasteiger partial charge in [-0.25, -0.2) is 0 Å². The maximum atomic E-state index is 12.8. The lowest BCUT2D eigenvalue weighted by Gasteiger charge is -2.33. The van der Waals surface area contributed by atoms with Gasteiger partial charge in [0.15, 0.2) is 0 Å². The molecule has 1 saturated heterocycles. The van der Waals surface area contributed by atoms with Crippen molar-refractivity contribution in [3.63, 3.8) is 0 Å². The zero-order valence-electron chi connectivity index (χ0n) is 25.4. The molecule has 0 atom stereocenters. The summed E-state index contributed by atoms with van der Waals surface area (Å²) in [5, 5.41) is 6.19. The first-order valence-electron chi connectivity index (χ1n) is 14.1. The van der Waals surface area contributed by atoms with Crippen LogP contribution in [0.25, 0.3) is 0 Å². The summed E-state index contributed by atoms with van der Waals surface area (Å²) < 4.78 is 0. The summed E-state index contributed by atoms with van der Waals surface area (Å²) in [6.07, 6.45) is 12.0. The molecule has 2 amide bonds. The fraction of sp³-hybridized carbons (Fsp3) is 0.364. The molecule has 2 N–H and O–H groups in total. The predicted molar refractivity (Wildman–Crippen MR) is 176 cm³/mol. The number of hydrogen-bond acceptors (Lipinski definition) is 6. The molecule has 1 fully saturated rings. The van der Waals surface area contributed by atoms with Gasteiger partial charge in [0.05, 0.1) is 10.6 Å². The van der Waals surface area contributed by atoms with Crippen molar-refractivity contribution in [2.24, 2.45) is 15.9 Å². The molecule has 1 aromatic heterocycles. The van der Waals surface area contributed by atoms with Crippen LogP contribution in [0.15, 0.2) is 95.0 Å². The smallest absolute Gasteiger partial charge is 0.269 e. The SMILES string of the molecule is C=C/C=C\N=C(C)C.CN=C(C(=O)NCCC1CCN(c2ccncc2)CC1)/C(C)=C(\C)NC(=O)c1ccccc1Cl. The van der Waals surface area contributed by atoms with Crippen LogP contribution in [0.2, 0.25) is 5.02 Å². The number of allylic oxidation sites excluding steroid dienone is 3. The molecule has 9 heteroatoms. The number of carbonyl (C=O) groups is 2. The molecule has 2 heterocycles. The quantitative estimate of drug-likeness (QED) is 0.246. The second-order valence-electron chi connectivity index (χ2n) is 10.1. The van der Waals surface area contributed by atoms with E-state index in [0.29, 0.717) is 40.0 Å². The van der Waals surface area contributed by atoms with Crippen molar-refractivity contribution >= 4 is 40.5 Å². The van der Waals surface area contributed by atoms with Gasteiger partial charge in [0, 0.05) is 62.4 Å². The van der Waals surface area contributed by atoms with Crippen molar-refractivity contribution in [1.82, 2.24) is 15.6 Å². The van der Waals surface area contributed by atoms with Gasteiger partial charge in [0.25, 0.3) is 11.8 Å². The topological polar surface area (TPSA) is 99.1 Å². The van der Waals surface area contributed by atoms with Gasteiger partial charge in [-0.1, -0.05) is 36.4 Å². The maximum absolute atomic E-state index is 12.8. The monoisotopic (exact) mass is 590 g/mol. The lowest BCUT2D eigenvalue weighted by atomic mass is 9.93. The third-order valence-electron chi connectivity index (χ3n) is 6.81. The molecule has 42 heavy (non-hydrogen) atoms. The summed E-state index contributed by atoms with van der Waals surface area (Å²) >= 11 is 6.11. The Morgan fingerprint density at radius 2 is 1.76 bits per heavy atom. The molecule has 0 saturated carbocycles. The molecule has 0 radical (unpaired) electrons. The zero-order chi connectivity index (χ0) is 30.9. The summed E-state index contributed by atoms with van der Waals surface area (Å²) in [6.45, 7) is 13.5. The van der Waals surface area contributed by atoms with Crippen LogP contribution in [0.1, 0.15) is 57.3 Å². The molecule has 0 unspecified atom stereocenters. The minimum atomic E-state index is -0.323. The molecule has 1 aromatic carbocycles. The van der Waals surface area contributed by atoms with Gasteiger partial charge in [0.2, 0.25) is 0 Å². The number of nitrogens with zero attached hydrogens (tertiary/aromatic N) is 4. The van der Waals surface area contributed by atoms with E-state index in [4.69, 9.17) is 11.6 Å². The third kappa shape index (κ3) is 11.4. The van der Waals surface area contributed by atoms with Gasteiger partial charge in [-0.3, -0.25) is 24.6 Å². The molecule has 2 aromatic rings. The summed E-state index contributed by atoms with van der Waals surface area (Å²) in [6, 6.07) is 10.9. The number of rotatable bonds is 10. The standard InChI is InChI=1S/C26H32ClN5O2.C7H11N/c1-18(19(2)31-25(33)22-6-4-5-7-23(22)27)24(28-3)26(34)30-15-8-20-11-16-32(17-12-20)21-9-13-29-14-10-21;1-4-5-6-8-7(2)3/h4-7,9-10,13-14,20H,8,11-12,15-17H2,1-3H3,(H,30,34)(H,31,33);4-6H,1H2,2-3H3/b19-18+,28-24?;6-5-. The van der Waals surface area contributed by atoms with Gasteiger partial charge in [0.1, 0.15) is 5.71 Å². The van der Waals surface area contributed by atoms with E-state index >= 15 is 0 Å². The third-order valence-corrected chi connectivity index (χ3v) is 7.14. The number of carbonyl (C=O) groups excluding carboxylic acids is 2. The van der Waals surface area contributed by atoms with E-state index in [2.05, 4.69) is 37.1 Å². The molecule has 1 aliphatic rings. The van der Waals surface area contributed by atoms with Crippen LogP contribution in [-0.2, 0) is 4.79 Å². The fourth-order valence-electron chi connectivity index (χ4n) is 4.36. The molecule has 1 aliphatic heterocycles. The summed E-state index contributed by atoms with van der Waals surface area (Å²) in [4.78, 5) is 39.9. The average Bonchev–Trinajstić information content (AvgIpc) is 2.98. The van der Waals surface area contributed by atoms with Gasteiger partial charge in [-0.2, -0.15) is 0 Å². The van der Waals surface area contributed by atoms with Crippen molar-refractivity contribution in [3.8, 4) is 0 Å². The summed E-state index contributed by atoms with van der Waals surface area (Å²) in [5.41, 5.74) is 4.14. The number of pyridine rings is 1. The van der Waals surface area contributed by atoms with Crippen LogP contribution < -0.4 is 15.5 Å². The van der Waals surface area contributed by atoms with E-state index in [9.17, 15) is 9.59 Å². The van der Waals surface area contributed by atoms with Crippen molar-refractivity contribution < 1.29 is 9.59 Å². The number of benzene rings is 1. The van der Waals surface area contributed by atoms with Crippen LogP contribution >= 0.6 is 11.6 Å². The molecular formula is C33H43ClN6O2. The lowest BCUT2D eigenvalue weighted by Crippen LogP contribution is -2.37. The van der Waals surface area contributed by atoms with Crippen molar-refractivity contribution in [1.29, 1.82) is 0 Å². The average molecular weight is 591 g/mol. The summed E-state index contributed by atoms with van der Waals surface area (Å²) in [5.74, 6) is 0.0191. The highest BCUT2D eigenvalue weighted by Gasteiger charge is 2.21. The number of hydrogen-bond donors (Lipinski definition) is 2. The number of halogens is 1. The predicted octanol–water partition coefficient (Wildman–Crippen LogP) is 6.42. The molecule has 224 valence electrons. The Morgan fingerprint density at radius 1 is 1.10 bits per heavy atom. The van der Waals surface area contributed by atoms with Crippen molar-refractivity contribution in [3.05, 3.63) is 95.6 Å². The van der Waals surface area contributed by atoms with Crippen LogP contribution in [-0.4, -0.2) is 54.9 Å². The lowest BCUT2D eigenvalue weighted by molar-refractivity contribution is -0.114. The minimum absolute atomic E-state index is 0.236. The molecular weight excluding hydrogens is 548 g/mol. The van der Waals surface area contributed by atoms with E-state index in [1.54, 1.807) is 63.5 Å². The Bertz CT molecular complexity index is 1300. The first kappa shape index (κ1) is 34.2. The Hall–Kier alpha value is -4.04. The highest BCUT2D eigenvalue weighted by Crippen LogP contribution is 2.24. The molecule has 0 bridgehead atoms. The first-order valence-corrected chi connectivity index (χ1v) is 14.5. The Kier molecular flexibility index (Phi) is 15.0. The number of aliphatic imine (C=N–C) groups is 2. The molecule has 8 nitrogen and oxygen atoms in total. The fourth-order valence-corrected chi connectivity index (χ4v) is 4.58. The van der Waals surface area contributed by atoms with Crippen molar-refractivity contribution in [2.45, 2.75) is 47.0 Å². The number of nitrogens with one attached hydrogen (secondary N) is 2. The number of piperidine rings is 1. The van der Waals surface area contributed by atoms with Gasteiger partial charge < -0.3 is 15.5 Å². The van der Waals surface area contributed by atoms with Crippen LogP contribution in [0.4, 0.5) is 5.69 Å². The van der Waals surface area contributed by atoms with Crippen LogP contribution in [0.5, 0.6) is 0 Å². The number of amides is 2. The molecule has 0 aliphatic carbocycles. The molecule has 0 spiro atoms. The second kappa shape index (κ2) is 18.4. The Balaban J connectivity index is 0.000000675. The highest BCUT2D eigenvalue weighted by molar-refractivity contribution is 6.45. The van der Waals surface area contributed by atoms with E-state index in [0.717, 1.165) is 38.1 Å². The number of aromatic nitrogens is 1. The van der Waals surface area contributed by atoms with Crippen molar-refractivity contribution in [2.75, 3.05) is 31.6 Å². The summed E-state index contributed by atoms with van der Waals surface area (Å²) in [7, 11) is 1.58. The van der Waals surface area contributed by atoms with E-state index in [-0.39, 0.29) is 11.8 Å². The Morgan fingerprint density at radius 3 is 2.36 bits per heavy atom. The molecule has 3 rings (SSSR count). The maximum Gasteiger partial charge on any atom is 0.269 e. The largest absolute Gasteiger partial charge is 0.371 e. The second-order valence-corrected chi connectivity index (χ2v) is 10.5. The zero-order valence-corrected chi connectivity index (χ0v) is 26.1. The Labute approximate surface area is 255 Å². The van der Waals surface area contributed by atoms with Gasteiger partial charge in [-0.05, 0) is 88.8 Å². The normalized spacial score (nSPS) is 14.3.